The Morgan fingerprint density at radius 2 is 1.57 bits per heavy atom. The molecule has 2 aromatic carbocycles. The van der Waals surface area contributed by atoms with Crippen molar-refractivity contribution < 1.29 is 27.2 Å². The van der Waals surface area contributed by atoms with Gasteiger partial charge in [0.15, 0.2) is 0 Å². The molecule has 1 aliphatic heterocycles. The lowest BCUT2D eigenvalue weighted by Gasteiger charge is -2.40. The second kappa shape index (κ2) is 10.8. The van der Waals surface area contributed by atoms with Crippen molar-refractivity contribution in [1.82, 2.24) is 15.1 Å². The van der Waals surface area contributed by atoms with E-state index in [-0.39, 0.29) is 41.7 Å². The smallest absolute Gasteiger partial charge is 0.351 e. The number of hydrogen-bond acceptors (Lipinski definition) is 3. The van der Waals surface area contributed by atoms with Crippen LogP contribution < -0.4 is 5.32 Å². The maximum atomic E-state index is 14.0. The van der Waals surface area contributed by atoms with E-state index < -0.39 is 11.7 Å². The van der Waals surface area contributed by atoms with Gasteiger partial charge in [0.05, 0.1) is 11.6 Å². The third-order valence-corrected chi connectivity index (χ3v) is 6.98. The van der Waals surface area contributed by atoms with Gasteiger partial charge >= 0.3 is 6.18 Å². The second-order valence-electron chi connectivity index (χ2n) is 9.20. The standard InChI is InChI=1S/C26H29F4N3O2/c27-22-8-4-3-7-20(22)17-31-24(34)23(18-5-1-2-6-18)32-13-15-33(16-14-32)25(35)19-9-11-21(12-10-19)26(28,29)30/h3-4,7-12,18,23H,1-2,5-6,13-17H2,(H,31,34). The highest BCUT2D eigenvalue weighted by Crippen LogP contribution is 2.32. The van der Waals surface area contributed by atoms with Gasteiger partial charge in [-0.15, -0.1) is 0 Å². The molecular formula is C26H29F4N3O2. The van der Waals surface area contributed by atoms with Gasteiger partial charge in [0.2, 0.25) is 5.91 Å². The first-order chi connectivity index (χ1) is 16.7. The van der Waals surface area contributed by atoms with Crippen molar-refractivity contribution in [3.63, 3.8) is 0 Å². The molecule has 1 saturated carbocycles. The molecule has 2 aliphatic rings. The van der Waals surface area contributed by atoms with Crippen LogP contribution in [0.2, 0.25) is 0 Å². The van der Waals surface area contributed by atoms with Crippen LogP contribution in [0.1, 0.15) is 47.2 Å². The number of nitrogens with one attached hydrogen (secondary N) is 1. The topological polar surface area (TPSA) is 52.7 Å². The average molecular weight is 492 g/mol. The quantitative estimate of drug-likeness (QED) is 0.607. The third kappa shape index (κ3) is 6.01. The summed E-state index contributed by atoms with van der Waals surface area (Å²) < 4.78 is 52.4. The average Bonchev–Trinajstić information content (AvgIpc) is 3.37. The third-order valence-electron chi connectivity index (χ3n) is 6.98. The van der Waals surface area contributed by atoms with Crippen LogP contribution in [-0.2, 0) is 17.5 Å². The zero-order valence-electron chi connectivity index (χ0n) is 19.4. The minimum Gasteiger partial charge on any atom is -0.351 e. The number of amides is 2. The van der Waals surface area contributed by atoms with Crippen molar-refractivity contribution in [3.05, 3.63) is 71.0 Å². The van der Waals surface area contributed by atoms with Crippen LogP contribution in [0.4, 0.5) is 17.6 Å². The number of carbonyl (C=O) groups excluding carboxylic acids is 2. The van der Waals surface area contributed by atoms with Crippen LogP contribution in [0.15, 0.2) is 48.5 Å². The summed E-state index contributed by atoms with van der Waals surface area (Å²) in [5.74, 6) is -0.615. The Kier molecular flexibility index (Phi) is 7.74. The molecule has 2 amide bonds. The molecule has 188 valence electrons. The van der Waals surface area contributed by atoms with E-state index >= 15 is 0 Å². The molecule has 1 saturated heterocycles. The number of halogens is 4. The SMILES string of the molecule is O=C(NCc1ccccc1F)C(C1CCCC1)N1CCN(C(=O)c2ccc(C(F)(F)F)cc2)CC1. The zero-order chi connectivity index (χ0) is 25.0. The molecule has 1 aliphatic carbocycles. The summed E-state index contributed by atoms with van der Waals surface area (Å²) in [6, 6.07) is 10.2. The zero-order valence-corrected chi connectivity index (χ0v) is 19.4. The molecule has 1 N–H and O–H groups in total. The van der Waals surface area contributed by atoms with Gasteiger partial charge in [-0.05, 0) is 49.1 Å². The van der Waals surface area contributed by atoms with Gasteiger partial charge in [0, 0.05) is 43.9 Å². The van der Waals surface area contributed by atoms with E-state index in [1.165, 1.54) is 18.2 Å². The minimum absolute atomic E-state index is 0.112. The van der Waals surface area contributed by atoms with E-state index in [0.717, 1.165) is 37.8 Å². The van der Waals surface area contributed by atoms with E-state index in [1.807, 2.05) is 0 Å². The van der Waals surface area contributed by atoms with Crippen molar-refractivity contribution in [2.45, 2.75) is 44.4 Å². The summed E-state index contributed by atoms with van der Waals surface area (Å²) in [6.07, 6.45) is -0.428. The van der Waals surface area contributed by atoms with Crippen LogP contribution >= 0.6 is 0 Å². The minimum atomic E-state index is -4.45. The van der Waals surface area contributed by atoms with Crippen molar-refractivity contribution in [3.8, 4) is 0 Å². The molecule has 1 heterocycles. The van der Waals surface area contributed by atoms with Gasteiger partial charge in [-0.3, -0.25) is 14.5 Å². The maximum absolute atomic E-state index is 14.0. The van der Waals surface area contributed by atoms with Crippen molar-refractivity contribution in [2.24, 2.45) is 5.92 Å². The highest BCUT2D eigenvalue weighted by molar-refractivity contribution is 5.94. The van der Waals surface area contributed by atoms with Crippen molar-refractivity contribution in [1.29, 1.82) is 0 Å². The lowest BCUT2D eigenvalue weighted by atomic mass is 9.94. The van der Waals surface area contributed by atoms with Crippen molar-refractivity contribution >= 4 is 11.8 Å². The van der Waals surface area contributed by atoms with Gasteiger partial charge < -0.3 is 10.2 Å². The predicted octanol–water partition coefficient (Wildman–Crippen LogP) is 4.48. The lowest BCUT2D eigenvalue weighted by molar-refractivity contribution is -0.137. The Bertz CT molecular complexity index is 1030. The molecule has 2 fully saturated rings. The Balaban J connectivity index is 1.38. The van der Waals surface area contributed by atoms with Gasteiger partial charge in [0.1, 0.15) is 5.82 Å². The second-order valence-corrected chi connectivity index (χ2v) is 9.20. The molecule has 0 spiro atoms. The summed E-state index contributed by atoms with van der Waals surface area (Å²) in [4.78, 5) is 29.7. The first-order valence-corrected chi connectivity index (χ1v) is 12.0. The maximum Gasteiger partial charge on any atom is 0.416 e. The fraction of sp³-hybridized carbons (Fsp3) is 0.462. The first kappa shape index (κ1) is 25.2. The first-order valence-electron chi connectivity index (χ1n) is 12.0. The fourth-order valence-corrected chi connectivity index (χ4v) is 5.07. The highest BCUT2D eigenvalue weighted by Gasteiger charge is 2.37. The number of benzene rings is 2. The number of nitrogens with zero attached hydrogens (tertiary/aromatic N) is 2. The molecule has 0 bridgehead atoms. The van der Waals surface area contributed by atoms with Gasteiger partial charge in [-0.2, -0.15) is 13.2 Å². The van der Waals surface area contributed by atoms with Gasteiger partial charge in [0.25, 0.3) is 5.91 Å². The summed E-state index contributed by atoms with van der Waals surface area (Å²) in [6.45, 7) is 1.84. The van der Waals surface area contributed by atoms with E-state index in [4.69, 9.17) is 0 Å². The molecule has 1 atom stereocenters. The van der Waals surface area contributed by atoms with Crippen LogP contribution in [0.3, 0.4) is 0 Å². The Hall–Kier alpha value is -2.94. The number of rotatable bonds is 6. The molecule has 4 rings (SSSR count). The van der Waals surface area contributed by atoms with E-state index in [2.05, 4.69) is 10.2 Å². The Morgan fingerprint density at radius 1 is 0.943 bits per heavy atom. The summed E-state index contributed by atoms with van der Waals surface area (Å²) in [7, 11) is 0. The van der Waals surface area contributed by atoms with Crippen LogP contribution in [0.25, 0.3) is 0 Å². The Morgan fingerprint density at radius 3 is 2.17 bits per heavy atom. The van der Waals surface area contributed by atoms with Gasteiger partial charge in [-0.1, -0.05) is 31.0 Å². The number of piperazine rings is 1. The predicted molar refractivity (Wildman–Crippen MR) is 123 cm³/mol. The molecule has 1 unspecified atom stereocenters. The van der Waals surface area contributed by atoms with Crippen LogP contribution in [0.5, 0.6) is 0 Å². The fourth-order valence-electron chi connectivity index (χ4n) is 5.07. The monoisotopic (exact) mass is 491 g/mol. The van der Waals surface area contributed by atoms with Gasteiger partial charge in [-0.25, -0.2) is 4.39 Å². The van der Waals surface area contributed by atoms with E-state index in [9.17, 15) is 27.2 Å². The molecule has 9 heteroatoms. The molecule has 5 nitrogen and oxygen atoms in total. The molecule has 0 aromatic heterocycles. The molecular weight excluding hydrogens is 462 g/mol. The molecule has 2 aromatic rings. The summed E-state index contributed by atoms with van der Waals surface area (Å²) >= 11 is 0. The molecule has 0 radical (unpaired) electrons. The van der Waals surface area contributed by atoms with E-state index in [1.54, 1.807) is 23.1 Å². The van der Waals surface area contributed by atoms with Crippen LogP contribution in [-0.4, -0.2) is 53.8 Å². The molecule has 35 heavy (non-hydrogen) atoms. The number of hydrogen-bond donors (Lipinski definition) is 1. The summed E-state index contributed by atoms with van der Waals surface area (Å²) in [5.41, 5.74) is -0.154. The van der Waals surface area contributed by atoms with E-state index in [0.29, 0.717) is 31.7 Å². The number of alkyl halides is 3. The van der Waals surface area contributed by atoms with Crippen LogP contribution in [0, 0.1) is 11.7 Å². The lowest BCUT2D eigenvalue weighted by Crippen LogP contribution is -2.57. The summed E-state index contributed by atoms with van der Waals surface area (Å²) in [5, 5.41) is 2.90. The number of carbonyl (C=O) groups is 2. The largest absolute Gasteiger partial charge is 0.416 e. The van der Waals surface area contributed by atoms with Crippen molar-refractivity contribution in [2.75, 3.05) is 26.2 Å². The normalized spacial score (nSPS) is 18.5. The Labute approximate surface area is 202 Å². The highest BCUT2D eigenvalue weighted by atomic mass is 19.4.